The highest BCUT2D eigenvalue weighted by atomic mass is 32.2. The van der Waals surface area contributed by atoms with E-state index in [1.54, 1.807) is 12.1 Å². The maximum absolute atomic E-state index is 11.9. The van der Waals surface area contributed by atoms with Gasteiger partial charge in [-0.1, -0.05) is 13.0 Å². The van der Waals surface area contributed by atoms with E-state index in [2.05, 4.69) is 10.6 Å². The van der Waals surface area contributed by atoms with Crippen LogP contribution in [0, 0.1) is 6.92 Å². The van der Waals surface area contributed by atoms with Crippen LogP contribution in [0.25, 0.3) is 0 Å². The lowest BCUT2D eigenvalue weighted by Gasteiger charge is -2.14. The van der Waals surface area contributed by atoms with E-state index in [4.69, 9.17) is 0 Å². The molecule has 0 heterocycles. The number of rotatable bonds is 6. The highest BCUT2D eigenvalue weighted by molar-refractivity contribution is 7.90. The number of aryl methyl sites for hydroxylation is 1. The largest absolute Gasteiger partial charge is 0.326 e. The van der Waals surface area contributed by atoms with Crippen molar-refractivity contribution in [1.29, 1.82) is 0 Å². The summed E-state index contributed by atoms with van der Waals surface area (Å²) in [5.41, 5.74) is 1.38. The first-order chi connectivity index (χ1) is 9.24. The highest BCUT2D eigenvalue weighted by Gasteiger charge is 2.13. The summed E-state index contributed by atoms with van der Waals surface area (Å²) in [5, 5.41) is 5.92. The molecule has 5 nitrogen and oxygen atoms in total. The van der Waals surface area contributed by atoms with Crippen LogP contribution in [0.2, 0.25) is 0 Å². The summed E-state index contributed by atoms with van der Waals surface area (Å²) in [6, 6.07) is 4.82. The zero-order chi connectivity index (χ0) is 15.3. The molecule has 6 heteroatoms. The van der Waals surface area contributed by atoms with Crippen LogP contribution in [0.1, 0.15) is 25.8 Å². The Balaban J connectivity index is 2.84. The molecule has 1 amide bonds. The van der Waals surface area contributed by atoms with E-state index in [9.17, 15) is 13.2 Å². The average Bonchev–Trinajstić information content (AvgIpc) is 2.30. The zero-order valence-electron chi connectivity index (χ0n) is 12.4. The lowest BCUT2D eigenvalue weighted by Crippen LogP contribution is -2.30. The average molecular weight is 298 g/mol. The van der Waals surface area contributed by atoms with Crippen molar-refractivity contribution in [2.24, 2.45) is 0 Å². The summed E-state index contributed by atoms with van der Waals surface area (Å²) in [6.07, 6.45) is 1.49. The van der Waals surface area contributed by atoms with Crippen molar-refractivity contribution in [1.82, 2.24) is 5.32 Å². The fourth-order valence-corrected chi connectivity index (χ4v) is 2.51. The van der Waals surface area contributed by atoms with Gasteiger partial charge in [-0.25, -0.2) is 8.42 Å². The molecule has 0 radical (unpaired) electrons. The Morgan fingerprint density at radius 1 is 1.35 bits per heavy atom. The lowest BCUT2D eigenvalue weighted by molar-refractivity contribution is -0.116. The predicted octanol–water partition coefficient (Wildman–Crippen LogP) is 1.73. The van der Waals surface area contributed by atoms with Crippen molar-refractivity contribution < 1.29 is 13.2 Å². The van der Waals surface area contributed by atoms with Gasteiger partial charge in [-0.05, 0) is 38.1 Å². The molecule has 0 aliphatic rings. The van der Waals surface area contributed by atoms with Crippen molar-refractivity contribution in [3.05, 3.63) is 23.8 Å². The molecule has 1 atom stereocenters. The zero-order valence-corrected chi connectivity index (χ0v) is 13.2. The third kappa shape index (κ3) is 4.94. The fraction of sp³-hybridized carbons (Fsp3) is 0.500. The molecule has 0 aliphatic carbocycles. The molecule has 0 bridgehead atoms. The van der Waals surface area contributed by atoms with Gasteiger partial charge >= 0.3 is 0 Å². The summed E-state index contributed by atoms with van der Waals surface area (Å²) >= 11 is 0. The van der Waals surface area contributed by atoms with E-state index in [1.807, 2.05) is 20.8 Å². The Morgan fingerprint density at radius 2 is 2.00 bits per heavy atom. The molecule has 1 aromatic rings. The summed E-state index contributed by atoms with van der Waals surface area (Å²) < 4.78 is 23.0. The summed E-state index contributed by atoms with van der Waals surface area (Å²) in [4.78, 5) is 12.1. The molecular formula is C14H22N2O3S. The highest BCUT2D eigenvalue weighted by Crippen LogP contribution is 2.20. The van der Waals surface area contributed by atoms with Crippen molar-refractivity contribution in [3.63, 3.8) is 0 Å². The van der Waals surface area contributed by atoms with Crippen LogP contribution >= 0.6 is 0 Å². The van der Waals surface area contributed by atoms with Gasteiger partial charge in [0.05, 0.1) is 4.90 Å². The van der Waals surface area contributed by atoms with Crippen LogP contribution in [-0.2, 0) is 14.6 Å². The second-order valence-corrected chi connectivity index (χ2v) is 6.98. The molecule has 1 aromatic carbocycles. The molecule has 0 aromatic heterocycles. The molecule has 0 aliphatic heterocycles. The van der Waals surface area contributed by atoms with Gasteiger partial charge in [0, 0.05) is 24.4 Å². The fourth-order valence-electron chi connectivity index (χ4n) is 1.87. The summed E-state index contributed by atoms with van der Waals surface area (Å²) in [6.45, 7) is 6.55. The molecule has 20 heavy (non-hydrogen) atoms. The second kappa shape index (κ2) is 6.85. The third-order valence-electron chi connectivity index (χ3n) is 2.96. The van der Waals surface area contributed by atoms with E-state index < -0.39 is 9.84 Å². The SMILES string of the molecule is CCNC(C)CC(=O)Nc1cc(S(C)(=O)=O)ccc1C. The topological polar surface area (TPSA) is 75.3 Å². The van der Waals surface area contributed by atoms with Gasteiger partial charge in [-0.3, -0.25) is 4.79 Å². The van der Waals surface area contributed by atoms with Gasteiger partial charge in [-0.15, -0.1) is 0 Å². The van der Waals surface area contributed by atoms with Gasteiger partial charge in [0.15, 0.2) is 9.84 Å². The standard InChI is InChI=1S/C14H22N2O3S/c1-5-15-11(3)8-14(17)16-13-9-12(20(4,18)19)7-6-10(13)2/h6-7,9,11,15H,5,8H2,1-4H3,(H,16,17). The third-order valence-corrected chi connectivity index (χ3v) is 4.07. The van der Waals surface area contributed by atoms with E-state index in [0.29, 0.717) is 12.1 Å². The molecule has 0 fully saturated rings. The smallest absolute Gasteiger partial charge is 0.225 e. The lowest BCUT2D eigenvalue weighted by atomic mass is 10.2. The van der Waals surface area contributed by atoms with Gasteiger partial charge in [0.2, 0.25) is 5.91 Å². The number of benzene rings is 1. The first-order valence-electron chi connectivity index (χ1n) is 6.58. The molecule has 2 N–H and O–H groups in total. The van der Waals surface area contributed by atoms with E-state index >= 15 is 0 Å². The van der Waals surface area contributed by atoms with Crippen molar-refractivity contribution in [3.8, 4) is 0 Å². The number of amides is 1. The van der Waals surface area contributed by atoms with Gasteiger partial charge in [0.25, 0.3) is 0 Å². The number of nitrogens with one attached hydrogen (secondary N) is 2. The number of anilines is 1. The number of carbonyl (C=O) groups is 1. The minimum Gasteiger partial charge on any atom is -0.326 e. The second-order valence-electron chi connectivity index (χ2n) is 4.96. The number of sulfone groups is 1. The molecular weight excluding hydrogens is 276 g/mol. The predicted molar refractivity (Wildman–Crippen MR) is 80.7 cm³/mol. The normalized spacial score (nSPS) is 13.0. The van der Waals surface area contributed by atoms with Crippen molar-refractivity contribution >= 4 is 21.4 Å². The first-order valence-corrected chi connectivity index (χ1v) is 8.47. The maximum atomic E-state index is 11.9. The Hall–Kier alpha value is -1.40. The van der Waals surface area contributed by atoms with E-state index in [0.717, 1.165) is 18.4 Å². The van der Waals surface area contributed by atoms with Crippen LogP contribution in [0.4, 0.5) is 5.69 Å². The number of hydrogen-bond donors (Lipinski definition) is 2. The molecule has 0 saturated carbocycles. The molecule has 1 rings (SSSR count). The van der Waals surface area contributed by atoms with Crippen LogP contribution in [0.3, 0.4) is 0 Å². The monoisotopic (exact) mass is 298 g/mol. The number of carbonyl (C=O) groups excluding carboxylic acids is 1. The van der Waals surface area contributed by atoms with Crippen LogP contribution in [-0.4, -0.2) is 33.2 Å². The Morgan fingerprint density at radius 3 is 2.55 bits per heavy atom. The quantitative estimate of drug-likeness (QED) is 0.838. The van der Waals surface area contributed by atoms with Crippen LogP contribution in [0.5, 0.6) is 0 Å². The summed E-state index contributed by atoms with van der Waals surface area (Å²) in [5.74, 6) is -0.132. The van der Waals surface area contributed by atoms with E-state index in [-0.39, 0.29) is 16.8 Å². The molecule has 0 spiro atoms. The number of hydrogen-bond acceptors (Lipinski definition) is 4. The Labute approximate surface area is 120 Å². The summed E-state index contributed by atoms with van der Waals surface area (Å²) in [7, 11) is -3.27. The minimum atomic E-state index is -3.27. The van der Waals surface area contributed by atoms with Crippen molar-refractivity contribution in [2.75, 3.05) is 18.1 Å². The van der Waals surface area contributed by atoms with Gasteiger partial charge in [0.1, 0.15) is 0 Å². The first kappa shape index (κ1) is 16.7. The molecule has 0 saturated heterocycles. The molecule has 1 unspecified atom stereocenters. The van der Waals surface area contributed by atoms with Crippen molar-refractivity contribution in [2.45, 2.75) is 38.1 Å². The van der Waals surface area contributed by atoms with Gasteiger partial charge < -0.3 is 10.6 Å². The Bertz CT molecular complexity index is 582. The minimum absolute atomic E-state index is 0.0818. The molecule has 112 valence electrons. The Kier molecular flexibility index (Phi) is 5.71. The maximum Gasteiger partial charge on any atom is 0.225 e. The van der Waals surface area contributed by atoms with Gasteiger partial charge in [-0.2, -0.15) is 0 Å². The van der Waals surface area contributed by atoms with E-state index in [1.165, 1.54) is 6.07 Å². The van der Waals surface area contributed by atoms with Crippen LogP contribution < -0.4 is 10.6 Å². The van der Waals surface area contributed by atoms with Crippen LogP contribution in [0.15, 0.2) is 23.1 Å².